The average Bonchev–Trinajstić information content (AvgIpc) is 3.80. The number of halogens is 1. The minimum Gasteiger partial charge on any atom is -0.455 e. The Morgan fingerprint density at radius 3 is 2.38 bits per heavy atom. The van der Waals surface area contributed by atoms with Crippen LogP contribution in [0, 0.1) is 17.8 Å². The molecular weight excluding hydrogens is 792 g/mol. The van der Waals surface area contributed by atoms with Gasteiger partial charge in [0.1, 0.15) is 31.2 Å². The number of cyclic esters (lactones) is 1. The molecule has 5 rings (SSSR count). The Kier molecular flexibility index (Phi) is 15.4. The molecule has 0 bridgehead atoms. The van der Waals surface area contributed by atoms with Gasteiger partial charge in [0.05, 0.1) is 23.5 Å². The summed E-state index contributed by atoms with van der Waals surface area (Å²) in [6.45, 7) is 14.0. The first-order chi connectivity index (χ1) is 28.7. The number of aliphatic hydroxyl groups excluding tert-OH is 1. The number of aliphatic hydroxyl groups is 1. The van der Waals surface area contributed by atoms with Crippen LogP contribution in [0.5, 0.6) is 0 Å². The summed E-state index contributed by atoms with van der Waals surface area (Å²) in [4.78, 5) is 54.3. The molecule has 1 aromatic carbocycles. The molecule has 2 aromatic rings. The van der Waals surface area contributed by atoms with Gasteiger partial charge in [-0.1, -0.05) is 63.2 Å². The summed E-state index contributed by atoms with van der Waals surface area (Å²) in [5.74, 6) is -4.19. The fourth-order valence-corrected chi connectivity index (χ4v) is 9.61. The van der Waals surface area contributed by atoms with Crippen LogP contribution in [0.25, 0.3) is 11.4 Å². The molecular formula is C44H67FN6O10. The van der Waals surface area contributed by atoms with Crippen LogP contribution in [0.3, 0.4) is 0 Å². The van der Waals surface area contributed by atoms with Crippen molar-refractivity contribution < 1.29 is 52.4 Å². The smallest absolute Gasteiger partial charge is 0.425 e. The summed E-state index contributed by atoms with van der Waals surface area (Å²) < 4.78 is 50.1. The van der Waals surface area contributed by atoms with E-state index in [4.69, 9.17) is 28.5 Å². The maximum absolute atomic E-state index is 17.0. The summed E-state index contributed by atoms with van der Waals surface area (Å²) in [7, 11) is 6.56. The number of aryl methyl sites for hydroxylation is 1. The number of aromatic nitrogens is 2. The molecule has 1 amide bonds. The number of benzene rings is 1. The number of amides is 1. The van der Waals surface area contributed by atoms with Crippen molar-refractivity contribution in [3.63, 3.8) is 0 Å². The number of oxime groups is 1. The molecule has 3 fully saturated rings. The molecule has 4 heterocycles. The Hall–Kier alpha value is -4.00. The molecule has 3 saturated heterocycles. The highest BCUT2D eigenvalue weighted by Gasteiger charge is 2.62. The first-order valence-electron chi connectivity index (χ1n) is 21.3. The maximum atomic E-state index is 17.0. The van der Waals surface area contributed by atoms with Crippen molar-refractivity contribution in [3.8, 4) is 11.4 Å². The number of imidazole rings is 1. The average molecular weight is 859 g/mol. The number of nitrogens with one attached hydrogen (secondary N) is 1. The fraction of sp³-hybridized carbons (Fsp3) is 0.705. The van der Waals surface area contributed by atoms with Gasteiger partial charge in [0, 0.05) is 62.0 Å². The predicted molar refractivity (Wildman–Crippen MR) is 225 cm³/mol. The molecule has 0 spiro atoms. The molecule has 1 aromatic heterocycles. The number of hydrogen-bond donors (Lipinski definition) is 2. The second kappa shape index (κ2) is 19.6. The molecule has 2 N–H and O–H groups in total. The van der Waals surface area contributed by atoms with Gasteiger partial charge in [-0.15, -0.1) is 0 Å². The summed E-state index contributed by atoms with van der Waals surface area (Å²) in [6.07, 6.45) is -0.888. The molecule has 16 nitrogen and oxygen atoms in total. The van der Waals surface area contributed by atoms with Crippen molar-refractivity contribution in [1.82, 2.24) is 24.9 Å². The van der Waals surface area contributed by atoms with E-state index in [1.54, 1.807) is 27.0 Å². The van der Waals surface area contributed by atoms with Crippen molar-refractivity contribution in [2.75, 3.05) is 34.9 Å². The zero-order chi connectivity index (χ0) is 45.0. The number of rotatable bonds is 12. The van der Waals surface area contributed by atoms with Crippen molar-refractivity contribution in [2.24, 2.45) is 22.9 Å². The van der Waals surface area contributed by atoms with E-state index in [1.165, 1.54) is 26.2 Å². The van der Waals surface area contributed by atoms with Crippen molar-refractivity contribution in [1.29, 1.82) is 0 Å². The highest BCUT2D eigenvalue weighted by molar-refractivity contribution is 6.08. The second-order valence-corrected chi connectivity index (χ2v) is 17.6. The minimum absolute atomic E-state index is 0.108. The van der Waals surface area contributed by atoms with E-state index >= 15 is 4.39 Å². The van der Waals surface area contributed by atoms with Crippen LogP contribution >= 0.6 is 0 Å². The topological polar surface area (TPSA) is 176 Å². The van der Waals surface area contributed by atoms with Gasteiger partial charge in [0.25, 0.3) is 5.67 Å². The van der Waals surface area contributed by atoms with E-state index in [0.717, 1.165) is 18.3 Å². The monoisotopic (exact) mass is 858 g/mol. The fourth-order valence-electron chi connectivity index (χ4n) is 9.61. The number of esters is 1. The van der Waals surface area contributed by atoms with E-state index in [2.05, 4.69) is 15.6 Å². The molecule has 2 unspecified atom stereocenters. The largest absolute Gasteiger partial charge is 0.455 e. The van der Waals surface area contributed by atoms with Crippen LogP contribution in [-0.4, -0.2) is 143 Å². The van der Waals surface area contributed by atoms with Crippen molar-refractivity contribution in [3.05, 3.63) is 42.7 Å². The van der Waals surface area contributed by atoms with Crippen LogP contribution in [0.4, 0.5) is 9.18 Å². The number of carbonyl (C=O) groups excluding carboxylic acids is 3. The number of hydrogen-bond acceptors (Lipinski definition) is 14. The van der Waals surface area contributed by atoms with E-state index in [0.29, 0.717) is 31.6 Å². The van der Waals surface area contributed by atoms with Crippen LogP contribution in [-0.2, 0) is 44.7 Å². The van der Waals surface area contributed by atoms with E-state index in [9.17, 15) is 19.5 Å². The highest BCUT2D eigenvalue weighted by atomic mass is 19.1. The molecule has 13 atom stereocenters. The number of nitrogens with zero attached hydrogens (tertiary/aromatic N) is 5. The normalized spacial score (nSPS) is 37.3. The lowest BCUT2D eigenvalue weighted by Crippen LogP contribution is -2.62. The molecule has 0 saturated carbocycles. The number of alkyl halides is 1. The van der Waals surface area contributed by atoms with Gasteiger partial charge in [-0.2, -0.15) is 0 Å². The number of Topliss-reactive ketones (excluding diaryl/α,β-unsaturated/α-hetero) is 1. The quantitative estimate of drug-likeness (QED) is 0.124. The summed E-state index contributed by atoms with van der Waals surface area (Å²) >= 11 is 0. The van der Waals surface area contributed by atoms with E-state index in [1.807, 2.05) is 80.9 Å². The number of ketones is 1. The van der Waals surface area contributed by atoms with Crippen molar-refractivity contribution in [2.45, 2.75) is 147 Å². The number of fused-ring (bicyclic) bond motifs is 1. The third-order valence-corrected chi connectivity index (χ3v) is 12.9. The Bertz CT molecular complexity index is 1850. The van der Waals surface area contributed by atoms with Gasteiger partial charge in [-0.25, -0.2) is 29.4 Å². The van der Waals surface area contributed by atoms with Gasteiger partial charge >= 0.3 is 12.1 Å². The standard InChI is InChI=1S/C44H67FN6O10/c1-13-32-44(8)35(51(41(55)61-44)47-20-17-22-50-23-21-46-38(50)30-18-15-14-16-19-30)28(4)33(48-57-12)26(2)25-42(6,56-11)37(29(5)36(53)43(7,45)40(54)59-32)60-39-34(52)31(49(9)10)24-27(3)58-39/h14-16,18-19,21,23,26-29,31-32,34-35,37,39,47,52H,13,17,20,22,24-25H2,1-12H3/b48-33+/t26-,27-,28+,29?,31+,32-,34?,35+,37-,39+,42-,43+,44-/m1/s1. The first kappa shape index (κ1) is 48.0. The minimum atomic E-state index is -3.17. The Labute approximate surface area is 359 Å². The van der Waals surface area contributed by atoms with Gasteiger partial charge in [0.2, 0.25) is 0 Å². The lowest BCUT2D eigenvalue weighted by molar-refractivity contribution is -0.295. The predicted octanol–water partition coefficient (Wildman–Crippen LogP) is 5.17. The number of carbonyl (C=O) groups is 3. The second-order valence-electron chi connectivity index (χ2n) is 17.6. The summed E-state index contributed by atoms with van der Waals surface area (Å²) in [5.41, 5.74) is -1.35. The molecule has 17 heteroatoms. The molecule has 3 aliphatic rings. The molecule has 340 valence electrons. The zero-order valence-corrected chi connectivity index (χ0v) is 37.8. The number of hydrazine groups is 1. The molecule has 0 aliphatic carbocycles. The summed E-state index contributed by atoms with van der Waals surface area (Å²) in [6, 6.07) is 8.60. The number of ether oxygens (including phenoxy) is 5. The van der Waals surface area contributed by atoms with Gasteiger partial charge in [-0.05, 0) is 67.5 Å². The van der Waals surface area contributed by atoms with Crippen LogP contribution in [0.2, 0.25) is 0 Å². The van der Waals surface area contributed by atoms with E-state index < -0.39 is 83.1 Å². The third kappa shape index (κ3) is 9.81. The maximum Gasteiger partial charge on any atom is 0.425 e. The van der Waals surface area contributed by atoms with Crippen molar-refractivity contribution >= 4 is 23.6 Å². The summed E-state index contributed by atoms with van der Waals surface area (Å²) in [5, 5.41) is 17.4. The van der Waals surface area contributed by atoms with Crippen LogP contribution in [0.15, 0.2) is 47.9 Å². The Morgan fingerprint density at radius 1 is 1.07 bits per heavy atom. The lowest BCUT2D eigenvalue weighted by atomic mass is 9.73. The van der Waals surface area contributed by atoms with Gasteiger partial charge in [-0.3, -0.25) is 4.79 Å². The molecule has 3 aliphatic heterocycles. The molecule has 0 radical (unpaired) electrons. The Morgan fingerprint density at radius 2 is 1.75 bits per heavy atom. The third-order valence-electron chi connectivity index (χ3n) is 12.9. The number of likely N-dealkylation sites (N-methyl/N-ethyl adjacent to an activating group) is 1. The van der Waals surface area contributed by atoms with E-state index in [-0.39, 0.29) is 25.0 Å². The Balaban J connectivity index is 1.53. The SMILES string of the molecule is CC[C@H]1OC(=O)[C@@](C)(F)C(=O)C(C)[C@@H](O[C@@H]2O[C@H](C)C[C@H](N(C)C)C2O)[C@](C)(OC)C[C@@H](C)/C(=N\OC)[C@H](C)[C@@H]2N(NCCCn3ccnc3-c3ccccc3)C(=O)O[C@@]21C. The lowest BCUT2D eigenvalue weighted by Gasteiger charge is -2.47. The molecule has 61 heavy (non-hydrogen) atoms. The number of methoxy groups -OCH3 is 1. The van der Waals surface area contributed by atoms with Gasteiger partial charge < -0.3 is 43.1 Å². The zero-order valence-electron chi connectivity index (χ0n) is 37.8. The van der Waals surface area contributed by atoms with Gasteiger partial charge in [0.15, 0.2) is 17.7 Å². The van der Waals surface area contributed by atoms with Crippen LogP contribution < -0.4 is 5.43 Å². The van der Waals surface area contributed by atoms with Crippen LogP contribution in [0.1, 0.15) is 81.1 Å². The highest BCUT2D eigenvalue weighted by Crippen LogP contribution is 2.43. The first-order valence-corrected chi connectivity index (χ1v) is 21.3.